The Bertz CT molecular complexity index is 135. The molecule has 1 heterocycles. The maximum absolute atomic E-state index is 10.4. The number of likely N-dealkylation sites (tertiary alicyclic amines) is 1. The predicted molar refractivity (Wildman–Crippen MR) is 59.3 cm³/mol. The lowest BCUT2D eigenvalue weighted by atomic mass is 9.94. The Morgan fingerprint density at radius 2 is 2.00 bits per heavy atom. The van der Waals surface area contributed by atoms with E-state index in [1.807, 2.05) is 0 Å². The zero-order valence-electron chi connectivity index (χ0n) is 7.20. The van der Waals surface area contributed by atoms with Crippen molar-refractivity contribution in [3.05, 3.63) is 0 Å². The average Bonchev–Trinajstić information content (AvgIpc) is 2.05. The van der Waals surface area contributed by atoms with E-state index in [0.29, 0.717) is 5.92 Å². The van der Waals surface area contributed by atoms with Crippen LogP contribution >= 0.6 is 32.9 Å². The molecule has 0 bridgehead atoms. The molecule has 0 radical (unpaired) electrons. The molecule has 1 rings (SSSR count). The molecule has 0 aromatic rings. The van der Waals surface area contributed by atoms with Crippen LogP contribution in [-0.2, 0) is 4.79 Å². The highest BCUT2D eigenvalue weighted by Crippen LogP contribution is 2.23. The Morgan fingerprint density at radius 1 is 1.50 bits per heavy atom. The van der Waals surface area contributed by atoms with E-state index in [9.17, 15) is 4.79 Å². The standard InChI is InChI=1S/C8H14BrNO.BrH/c1-10-4-2-7(3-5-10)8(9)6-11;/h6-8H,2-5H2,1H3;1H. The molecule has 1 aliphatic heterocycles. The third-order valence-electron chi connectivity index (χ3n) is 2.34. The summed E-state index contributed by atoms with van der Waals surface area (Å²) in [5.41, 5.74) is 0. The summed E-state index contributed by atoms with van der Waals surface area (Å²) in [4.78, 5) is 12.8. The van der Waals surface area contributed by atoms with E-state index in [0.717, 1.165) is 32.2 Å². The molecule has 0 N–H and O–H groups in total. The fourth-order valence-corrected chi connectivity index (χ4v) is 1.99. The smallest absolute Gasteiger partial charge is 0.133 e. The molecule has 72 valence electrons. The van der Waals surface area contributed by atoms with Crippen molar-refractivity contribution in [3.8, 4) is 0 Å². The van der Waals surface area contributed by atoms with Gasteiger partial charge in [0.2, 0.25) is 0 Å². The van der Waals surface area contributed by atoms with Crippen molar-refractivity contribution in [1.29, 1.82) is 0 Å². The summed E-state index contributed by atoms with van der Waals surface area (Å²) < 4.78 is 0. The van der Waals surface area contributed by atoms with Crippen molar-refractivity contribution in [2.24, 2.45) is 5.92 Å². The number of carbonyl (C=O) groups is 1. The molecule has 12 heavy (non-hydrogen) atoms. The molecular weight excluding hydrogens is 286 g/mol. The average molecular weight is 301 g/mol. The van der Waals surface area contributed by atoms with Gasteiger partial charge in [0.15, 0.2) is 0 Å². The lowest BCUT2D eigenvalue weighted by molar-refractivity contribution is -0.108. The van der Waals surface area contributed by atoms with Gasteiger partial charge in [0, 0.05) is 0 Å². The third kappa shape index (κ3) is 3.54. The maximum Gasteiger partial charge on any atom is 0.133 e. The molecule has 1 atom stereocenters. The molecule has 4 heteroatoms. The normalized spacial score (nSPS) is 22.8. The van der Waals surface area contributed by atoms with Gasteiger partial charge in [-0.3, -0.25) is 0 Å². The Hall–Kier alpha value is 0.590. The number of nitrogens with zero attached hydrogens (tertiary/aromatic N) is 1. The topological polar surface area (TPSA) is 20.3 Å². The fourth-order valence-electron chi connectivity index (χ4n) is 1.46. The number of piperidine rings is 1. The lowest BCUT2D eigenvalue weighted by Gasteiger charge is -2.29. The molecule has 0 amide bonds. The van der Waals surface area contributed by atoms with Gasteiger partial charge < -0.3 is 9.69 Å². The number of halogens is 2. The van der Waals surface area contributed by atoms with Gasteiger partial charge in [0.05, 0.1) is 4.83 Å². The lowest BCUT2D eigenvalue weighted by Crippen LogP contribution is -2.33. The van der Waals surface area contributed by atoms with Gasteiger partial charge in [-0.25, -0.2) is 0 Å². The zero-order chi connectivity index (χ0) is 8.27. The summed E-state index contributed by atoms with van der Waals surface area (Å²) in [6.45, 7) is 2.25. The van der Waals surface area contributed by atoms with Crippen molar-refractivity contribution in [3.63, 3.8) is 0 Å². The van der Waals surface area contributed by atoms with Crippen molar-refractivity contribution < 1.29 is 4.79 Å². The molecule has 1 saturated heterocycles. The van der Waals surface area contributed by atoms with Crippen LogP contribution in [0.2, 0.25) is 0 Å². The molecule has 0 saturated carbocycles. The van der Waals surface area contributed by atoms with E-state index in [-0.39, 0.29) is 21.8 Å². The first kappa shape index (κ1) is 12.6. The Labute approximate surface area is 92.6 Å². The van der Waals surface area contributed by atoms with Gasteiger partial charge in [0.25, 0.3) is 0 Å². The minimum atomic E-state index is 0. The van der Waals surface area contributed by atoms with Gasteiger partial charge in [-0.15, -0.1) is 17.0 Å². The number of alkyl halides is 1. The van der Waals surface area contributed by atoms with Gasteiger partial charge in [-0.2, -0.15) is 0 Å². The van der Waals surface area contributed by atoms with Crippen LogP contribution in [0.1, 0.15) is 12.8 Å². The summed E-state index contributed by atoms with van der Waals surface area (Å²) in [7, 11) is 2.13. The predicted octanol–water partition coefficient (Wildman–Crippen LogP) is 1.87. The molecule has 0 aromatic heterocycles. The van der Waals surface area contributed by atoms with E-state index in [4.69, 9.17) is 0 Å². The van der Waals surface area contributed by atoms with E-state index < -0.39 is 0 Å². The number of carbonyl (C=O) groups excluding carboxylic acids is 1. The third-order valence-corrected chi connectivity index (χ3v) is 3.31. The first-order chi connectivity index (χ1) is 5.24. The van der Waals surface area contributed by atoms with Crippen LogP contribution in [0.4, 0.5) is 0 Å². The van der Waals surface area contributed by atoms with Crippen LogP contribution in [0, 0.1) is 5.92 Å². The van der Waals surface area contributed by atoms with Crippen molar-refractivity contribution >= 4 is 39.2 Å². The SMILES string of the molecule is Br.CN1CCC(C(Br)C=O)CC1. The number of rotatable bonds is 2. The summed E-state index contributed by atoms with van der Waals surface area (Å²) in [5.74, 6) is 0.559. The number of aldehydes is 1. The quantitative estimate of drug-likeness (QED) is 0.573. The van der Waals surface area contributed by atoms with Crippen LogP contribution in [-0.4, -0.2) is 36.2 Å². The molecule has 1 unspecified atom stereocenters. The van der Waals surface area contributed by atoms with Crippen molar-refractivity contribution in [1.82, 2.24) is 4.90 Å². The molecular formula is C8H15Br2NO. The number of hydrogen-bond donors (Lipinski definition) is 0. The van der Waals surface area contributed by atoms with E-state index in [2.05, 4.69) is 27.9 Å². The summed E-state index contributed by atoms with van der Waals surface area (Å²) in [5, 5.41) is 0. The van der Waals surface area contributed by atoms with Crippen LogP contribution in [0.5, 0.6) is 0 Å². The van der Waals surface area contributed by atoms with Gasteiger partial charge >= 0.3 is 0 Å². The summed E-state index contributed by atoms with van der Waals surface area (Å²) in [6.07, 6.45) is 3.30. The second-order valence-electron chi connectivity index (χ2n) is 3.22. The van der Waals surface area contributed by atoms with Crippen molar-refractivity contribution in [2.75, 3.05) is 20.1 Å². The fraction of sp³-hybridized carbons (Fsp3) is 0.875. The highest BCUT2D eigenvalue weighted by molar-refractivity contribution is 9.10. The van der Waals surface area contributed by atoms with Gasteiger partial charge in [-0.05, 0) is 38.9 Å². The Balaban J connectivity index is 0.00000121. The second-order valence-corrected chi connectivity index (χ2v) is 4.28. The van der Waals surface area contributed by atoms with Crippen LogP contribution in [0.25, 0.3) is 0 Å². The maximum atomic E-state index is 10.4. The largest absolute Gasteiger partial charge is 0.306 e. The Morgan fingerprint density at radius 3 is 2.42 bits per heavy atom. The van der Waals surface area contributed by atoms with Crippen LogP contribution in [0.15, 0.2) is 0 Å². The molecule has 1 aliphatic rings. The van der Waals surface area contributed by atoms with Gasteiger partial charge in [0.1, 0.15) is 6.29 Å². The van der Waals surface area contributed by atoms with E-state index >= 15 is 0 Å². The zero-order valence-corrected chi connectivity index (χ0v) is 10.5. The number of hydrogen-bond acceptors (Lipinski definition) is 2. The molecule has 0 aliphatic carbocycles. The minimum Gasteiger partial charge on any atom is -0.306 e. The molecule has 0 spiro atoms. The monoisotopic (exact) mass is 299 g/mol. The molecule has 2 nitrogen and oxygen atoms in total. The Kier molecular flexibility index (Phi) is 6.41. The highest BCUT2D eigenvalue weighted by atomic mass is 79.9. The van der Waals surface area contributed by atoms with E-state index in [1.165, 1.54) is 0 Å². The first-order valence-corrected chi connectivity index (χ1v) is 4.93. The second kappa shape index (κ2) is 6.11. The minimum absolute atomic E-state index is 0. The van der Waals surface area contributed by atoms with Crippen molar-refractivity contribution in [2.45, 2.75) is 17.7 Å². The summed E-state index contributed by atoms with van der Waals surface area (Å²) >= 11 is 3.37. The highest BCUT2D eigenvalue weighted by Gasteiger charge is 2.22. The molecule has 1 fully saturated rings. The first-order valence-electron chi connectivity index (χ1n) is 4.02. The van der Waals surface area contributed by atoms with E-state index in [1.54, 1.807) is 0 Å². The van der Waals surface area contributed by atoms with Gasteiger partial charge in [-0.1, -0.05) is 15.9 Å². The van der Waals surface area contributed by atoms with Crippen LogP contribution < -0.4 is 0 Å². The summed E-state index contributed by atoms with van der Waals surface area (Å²) in [6, 6.07) is 0. The van der Waals surface area contributed by atoms with Crippen LogP contribution in [0.3, 0.4) is 0 Å². The molecule has 0 aromatic carbocycles.